The normalized spacial score (nSPS) is 22.4. The zero-order valence-electron chi connectivity index (χ0n) is 20.1. The van der Waals surface area contributed by atoms with Gasteiger partial charge >= 0.3 is 6.03 Å². The molecule has 2 bridgehead atoms. The highest BCUT2D eigenvalue weighted by Crippen LogP contribution is 2.44. The van der Waals surface area contributed by atoms with Crippen LogP contribution in [-0.2, 0) is 9.59 Å². The van der Waals surface area contributed by atoms with Crippen molar-refractivity contribution in [3.05, 3.63) is 114 Å². The molecule has 0 spiro atoms. The quantitative estimate of drug-likeness (QED) is 0.389. The second-order valence-corrected chi connectivity index (χ2v) is 10.0. The van der Waals surface area contributed by atoms with Crippen LogP contribution in [0.15, 0.2) is 103 Å². The Kier molecular flexibility index (Phi) is 4.89. The lowest BCUT2D eigenvalue weighted by Gasteiger charge is -2.37. The van der Waals surface area contributed by atoms with Gasteiger partial charge in [0.15, 0.2) is 0 Å². The summed E-state index contributed by atoms with van der Waals surface area (Å²) in [7, 11) is 0. The smallest absolute Gasteiger partial charge is 0.332 e. The highest BCUT2D eigenvalue weighted by Gasteiger charge is 2.63. The van der Waals surface area contributed by atoms with Crippen molar-refractivity contribution < 1.29 is 14.4 Å². The summed E-state index contributed by atoms with van der Waals surface area (Å²) in [5.41, 5.74) is 2.44. The van der Waals surface area contributed by atoms with Crippen molar-refractivity contribution in [3.8, 4) is 0 Å². The molecule has 0 N–H and O–H groups in total. The van der Waals surface area contributed by atoms with Gasteiger partial charge in [-0.25, -0.2) is 9.69 Å². The lowest BCUT2D eigenvalue weighted by Crippen LogP contribution is -2.55. The number of imide groups is 1. The summed E-state index contributed by atoms with van der Waals surface area (Å²) in [6, 6.07) is 31.6. The second-order valence-electron chi connectivity index (χ2n) is 10.0. The molecule has 3 aliphatic heterocycles. The van der Waals surface area contributed by atoms with Gasteiger partial charge in [0.05, 0.1) is 23.7 Å². The van der Waals surface area contributed by atoms with Crippen molar-refractivity contribution in [3.63, 3.8) is 0 Å². The standard InChI is InChI=1S/C31H25N3O3/c35-29(27(21-11-3-1-4-12-21)22-13-5-2-6-14-22)32-19-23-18-26(32)28-30(36)34(31(37)33(23)28)25-17-9-15-20-10-7-8-16-24(20)25/h1-17,23,26-28H,18-19H2/t23-,26?,28+/m1/s1. The third kappa shape index (κ3) is 3.22. The van der Waals surface area contributed by atoms with Gasteiger partial charge in [-0.2, -0.15) is 0 Å². The number of hydrogen-bond donors (Lipinski definition) is 0. The van der Waals surface area contributed by atoms with Crippen LogP contribution in [-0.4, -0.2) is 52.3 Å². The van der Waals surface area contributed by atoms with Crippen LogP contribution in [0.3, 0.4) is 0 Å². The van der Waals surface area contributed by atoms with E-state index in [4.69, 9.17) is 0 Å². The second kappa shape index (κ2) is 8.30. The number of hydrogen-bond acceptors (Lipinski definition) is 3. The summed E-state index contributed by atoms with van der Waals surface area (Å²) < 4.78 is 0. The summed E-state index contributed by atoms with van der Waals surface area (Å²) in [4.78, 5) is 46.5. The number of amides is 4. The highest BCUT2D eigenvalue weighted by atomic mass is 16.2. The first-order valence-corrected chi connectivity index (χ1v) is 12.7. The number of anilines is 1. The molecular formula is C31H25N3O3. The molecule has 4 aromatic carbocycles. The Hall–Kier alpha value is -4.45. The Morgan fingerprint density at radius 2 is 1.38 bits per heavy atom. The Morgan fingerprint density at radius 3 is 2.08 bits per heavy atom. The zero-order valence-corrected chi connectivity index (χ0v) is 20.1. The van der Waals surface area contributed by atoms with E-state index in [-0.39, 0.29) is 29.9 Å². The summed E-state index contributed by atoms with van der Waals surface area (Å²) in [5, 5.41) is 1.84. The van der Waals surface area contributed by atoms with Crippen LogP contribution in [0, 0.1) is 0 Å². The van der Waals surface area contributed by atoms with Crippen LogP contribution in [0.4, 0.5) is 10.5 Å². The van der Waals surface area contributed by atoms with Crippen molar-refractivity contribution in [1.29, 1.82) is 0 Å². The third-order valence-electron chi connectivity index (χ3n) is 8.07. The van der Waals surface area contributed by atoms with Gasteiger partial charge in [0.25, 0.3) is 5.91 Å². The van der Waals surface area contributed by atoms with Crippen molar-refractivity contribution in [1.82, 2.24) is 9.80 Å². The van der Waals surface area contributed by atoms with Gasteiger partial charge in [-0.3, -0.25) is 9.59 Å². The fourth-order valence-corrected chi connectivity index (χ4v) is 6.47. The van der Waals surface area contributed by atoms with E-state index < -0.39 is 12.0 Å². The van der Waals surface area contributed by atoms with Gasteiger partial charge in [0.2, 0.25) is 5.91 Å². The molecule has 3 aliphatic rings. The number of rotatable bonds is 4. The Balaban J connectivity index is 1.24. The van der Waals surface area contributed by atoms with E-state index in [0.717, 1.165) is 21.9 Å². The van der Waals surface area contributed by atoms with E-state index in [1.54, 1.807) is 4.90 Å². The summed E-state index contributed by atoms with van der Waals surface area (Å²) in [6.45, 7) is 0.443. The van der Waals surface area contributed by atoms with Gasteiger partial charge in [0, 0.05) is 11.9 Å². The fourth-order valence-electron chi connectivity index (χ4n) is 6.47. The van der Waals surface area contributed by atoms with E-state index in [2.05, 4.69) is 0 Å². The predicted octanol–water partition coefficient (Wildman–Crippen LogP) is 4.79. The van der Waals surface area contributed by atoms with Crippen LogP contribution in [0.2, 0.25) is 0 Å². The number of carbonyl (C=O) groups excluding carboxylic acids is 3. The molecule has 0 aromatic heterocycles. The van der Waals surface area contributed by atoms with Gasteiger partial charge < -0.3 is 9.80 Å². The molecule has 4 amide bonds. The Morgan fingerprint density at radius 1 is 0.757 bits per heavy atom. The van der Waals surface area contributed by atoms with Crippen LogP contribution < -0.4 is 4.90 Å². The van der Waals surface area contributed by atoms with Gasteiger partial charge in [-0.15, -0.1) is 0 Å². The van der Waals surface area contributed by atoms with E-state index >= 15 is 0 Å². The maximum Gasteiger partial charge on any atom is 0.332 e. The summed E-state index contributed by atoms with van der Waals surface area (Å²) >= 11 is 0. The first-order chi connectivity index (χ1) is 18.1. The van der Waals surface area contributed by atoms with Crippen LogP contribution in [0.5, 0.6) is 0 Å². The lowest BCUT2D eigenvalue weighted by molar-refractivity contribution is -0.136. The molecule has 0 radical (unpaired) electrons. The Labute approximate surface area is 214 Å². The molecule has 6 nitrogen and oxygen atoms in total. The van der Waals surface area contributed by atoms with E-state index in [1.807, 2.05) is 108 Å². The molecule has 3 heterocycles. The van der Waals surface area contributed by atoms with Gasteiger partial charge in [-0.05, 0) is 29.0 Å². The van der Waals surface area contributed by atoms with E-state index in [1.165, 1.54) is 4.90 Å². The fraction of sp³-hybridized carbons (Fsp3) is 0.194. The topological polar surface area (TPSA) is 60.9 Å². The highest BCUT2D eigenvalue weighted by molar-refractivity contribution is 6.25. The number of fused-ring (bicyclic) bond motifs is 6. The first-order valence-electron chi connectivity index (χ1n) is 12.7. The van der Waals surface area contributed by atoms with Crippen LogP contribution in [0.1, 0.15) is 23.5 Å². The number of urea groups is 1. The number of carbonyl (C=O) groups is 3. The van der Waals surface area contributed by atoms with Crippen molar-refractivity contribution in [2.24, 2.45) is 0 Å². The van der Waals surface area contributed by atoms with Gasteiger partial charge in [-0.1, -0.05) is 97.1 Å². The predicted molar refractivity (Wildman–Crippen MR) is 141 cm³/mol. The minimum absolute atomic E-state index is 0.0200. The molecule has 7 rings (SSSR count). The van der Waals surface area contributed by atoms with Crippen molar-refractivity contribution >= 4 is 34.3 Å². The minimum atomic E-state index is -0.652. The van der Waals surface area contributed by atoms with E-state index in [9.17, 15) is 14.4 Å². The SMILES string of the molecule is O=C1[C@@H]2C3C[C@H](CN3C(=O)C(c3ccccc3)c3ccccc3)N2C(=O)N1c1cccc2ccccc12. The summed E-state index contributed by atoms with van der Waals surface area (Å²) in [5.74, 6) is -0.729. The number of benzene rings is 4. The maximum atomic E-state index is 14.1. The molecule has 3 fully saturated rings. The molecule has 6 heteroatoms. The average molecular weight is 488 g/mol. The molecule has 1 unspecified atom stereocenters. The van der Waals surface area contributed by atoms with Crippen LogP contribution in [0.25, 0.3) is 10.8 Å². The molecular weight excluding hydrogens is 462 g/mol. The zero-order chi connectivity index (χ0) is 25.1. The molecule has 4 aromatic rings. The molecule has 3 atom stereocenters. The Bertz CT molecular complexity index is 1490. The van der Waals surface area contributed by atoms with Crippen LogP contribution >= 0.6 is 0 Å². The molecule has 3 saturated heterocycles. The average Bonchev–Trinajstić information content (AvgIpc) is 3.61. The number of likely N-dealkylation sites (tertiary alicyclic amines) is 1. The molecule has 0 saturated carbocycles. The summed E-state index contributed by atoms with van der Waals surface area (Å²) in [6.07, 6.45) is 0.633. The van der Waals surface area contributed by atoms with Crippen molar-refractivity contribution in [2.75, 3.05) is 11.4 Å². The molecule has 182 valence electrons. The lowest BCUT2D eigenvalue weighted by atomic mass is 9.89. The first kappa shape index (κ1) is 21.8. The largest absolute Gasteiger partial charge is 0.334 e. The molecule has 0 aliphatic carbocycles. The number of piperazine rings is 1. The third-order valence-corrected chi connectivity index (χ3v) is 8.07. The maximum absolute atomic E-state index is 14.1. The number of nitrogens with zero attached hydrogens (tertiary/aromatic N) is 3. The van der Waals surface area contributed by atoms with Gasteiger partial charge in [0.1, 0.15) is 6.04 Å². The van der Waals surface area contributed by atoms with E-state index in [0.29, 0.717) is 18.7 Å². The van der Waals surface area contributed by atoms with Crippen molar-refractivity contribution in [2.45, 2.75) is 30.5 Å². The monoisotopic (exact) mass is 487 g/mol. The molecule has 37 heavy (non-hydrogen) atoms. The minimum Gasteiger partial charge on any atom is -0.334 e.